The second-order valence-corrected chi connectivity index (χ2v) is 12.5. The van der Waals surface area contributed by atoms with E-state index < -0.39 is 28.5 Å². The number of nitrogens with zero attached hydrogens (tertiary/aromatic N) is 2. The van der Waals surface area contributed by atoms with Crippen LogP contribution in [-0.4, -0.2) is 50.5 Å². The minimum atomic E-state index is -3.83. The van der Waals surface area contributed by atoms with Crippen LogP contribution in [0.15, 0.2) is 83.3 Å². The van der Waals surface area contributed by atoms with Crippen LogP contribution in [0.25, 0.3) is 0 Å². The Kier molecular flexibility index (Phi) is 10.5. The fraction of sp³-hybridized carbons (Fsp3) is 0.310. The van der Waals surface area contributed by atoms with Crippen molar-refractivity contribution < 1.29 is 22.7 Å². The highest BCUT2D eigenvalue weighted by molar-refractivity contribution is 9.10. The molecule has 0 spiro atoms. The van der Waals surface area contributed by atoms with Crippen molar-refractivity contribution in [3.05, 3.63) is 88.9 Å². The van der Waals surface area contributed by atoms with Gasteiger partial charge in [0, 0.05) is 17.6 Å². The van der Waals surface area contributed by atoms with Gasteiger partial charge in [0.15, 0.2) is 0 Å². The van der Waals surface area contributed by atoms with Crippen molar-refractivity contribution in [2.75, 3.05) is 23.7 Å². The number of benzene rings is 3. The third-order valence-electron chi connectivity index (χ3n) is 5.88. The van der Waals surface area contributed by atoms with Crippen molar-refractivity contribution in [3.63, 3.8) is 0 Å². The first-order valence-electron chi connectivity index (χ1n) is 12.6. The van der Waals surface area contributed by atoms with Crippen LogP contribution < -0.4 is 14.4 Å². The molecule has 39 heavy (non-hydrogen) atoms. The largest absolute Gasteiger partial charge is 0.457 e. The van der Waals surface area contributed by atoms with Crippen molar-refractivity contribution in [1.82, 2.24) is 10.2 Å². The summed E-state index contributed by atoms with van der Waals surface area (Å²) >= 11 is 3.44. The molecule has 0 aliphatic carbocycles. The van der Waals surface area contributed by atoms with Crippen LogP contribution in [0.4, 0.5) is 5.69 Å². The lowest BCUT2D eigenvalue weighted by Gasteiger charge is -2.31. The maximum absolute atomic E-state index is 13.7. The number of amides is 2. The molecule has 3 rings (SSSR count). The van der Waals surface area contributed by atoms with Gasteiger partial charge in [-0.3, -0.25) is 13.9 Å². The summed E-state index contributed by atoms with van der Waals surface area (Å²) in [6.45, 7) is 5.75. The normalized spacial score (nSPS) is 12.1. The van der Waals surface area contributed by atoms with Crippen molar-refractivity contribution in [2.45, 2.75) is 33.4 Å². The molecule has 0 aliphatic heterocycles. The van der Waals surface area contributed by atoms with Crippen molar-refractivity contribution in [3.8, 4) is 11.5 Å². The van der Waals surface area contributed by atoms with Gasteiger partial charge in [-0.25, -0.2) is 8.42 Å². The number of nitrogens with one attached hydrogen (secondary N) is 1. The van der Waals surface area contributed by atoms with E-state index in [0.717, 1.165) is 20.6 Å². The van der Waals surface area contributed by atoms with Crippen LogP contribution in [0, 0.1) is 5.92 Å². The number of carbonyl (C=O) groups is 2. The first-order chi connectivity index (χ1) is 18.4. The number of para-hydroxylation sites is 1. The van der Waals surface area contributed by atoms with Crippen LogP contribution in [0.5, 0.6) is 11.5 Å². The molecule has 0 heterocycles. The number of carbonyl (C=O) groups excluding carboxylic acids is 2. The lowest BCUT2D eigenvalue weighted by atomic mass is 10.1. The monoisotopic (exact) mass is 615 g/mol. The molecule has 1 N–H and O–H groups in total. The number of hydrogen-bond acceptors (Lipinski definition) is 5. The highest BCUT2D eigenvalue weighted by Gasteiger charge is 2.30. The first kappa shape index (κ1) is 30.2. The minimum Gasteiger partial charge on any atom is -0.457 e. The van der Waals surface area contributed by atoms with Crippen LogP contribution >= 0.6 is 15.9 Å². The summed E-state index contributed by atoms with van der Waals surface area (Å²) in [7, 11) is -3.83. The summed E-state index contributed by atoms with van der Waals surface area (Å²) in [6, 6.07) is 22.3. The highest BCUT2D eigenvalue weighted by Crippen LogP contribution is 2.26. The second-order valence-electron chi connectivity index (χ2n) is 9.65. The van der Waals surface area contributed by atoms with Crippen LogP contribution in [0.2, 0.25) is 0 Å². The van der Waals surface area contributed by atoms with E-state index in [9.17, 15) is 18.0 Å². The van der Waals surface area contributed by atoms with Crippen LogP contribution in [0.1, 0.15) is 26.3 Å². The van der Waals surface area contributed by atoms with Crippen molar-refractivity contribution >= 4 is 43.5 Å². The zero-order valence-corrected chi connectivity index (χ0v) is 24.9. The predicted molar refractivity (Wildman–Crippen MR) is 157 cm³/mol. The zero-order chi connectivity index (χ0) is 28.6. The number of sulfonamides is 1. The van der Waals surface area contributed by atoms with Crippen LogP contribution in [-0.2, 0) is 26.2 Å². The molecule has 3 aromatic carbocycles. The molecule has 2 amide bonds. The van der Waals surface area contributed by atoms with E-state index in [1.807, 2.05) is 68.4 Å². The topological polar surface area (TPSA) is 96.0 Å². The quantitative estimate of drug-likeness (QED) is 0.302. The van der Waals surface area contributed by atoms with Crippen molar-refractivity contribution in [2.24, 2.45) is 5.92 Å². The molecule has 0 aliphatic rings. The summed E-state index contributed by atoms with van der Waals surface area (Å²) in [6.07, 6.45) is 1.05. The van der Waals surface area contributed by atoms with Gasteiger partial charge in [0.25, 0.3) is 0 Å². The Morgan fingerprint density at radius 3 is 2.15 bits per heavy atom. The van der Waals surface area contributed by atoms with E-state index in [4.69, 9.17) is 4.74 Å². The Morgan fingerprint density at radius 2 is 1.56 bits per heavy atom. The van der Waals surface area contributed by atoms with Crippen LogP contribution in [0.3, 0.4) is 0 Å². The molecule has 10 heteroatoms. The predicted octanol–water partition coefficient (Wildman–Crippen LogP) is 5.20. The fourth-order valence-corrected chi connectivity index (χ4v) is 5.08. The fourth-order valence-electron chi connectivity index (χ4n) is 3.79. The first-order valence-corrected chi connectivity index (χ1v) is 15.2. The standard InChI is InChI=1S/C29H34BrN3O5S/c1-21(2)18-31-29(35)22(3)32(19-23-9-8-10-24(30)17-23)28(34)20-33(39(4,36)37)25-13-15-27(16-14-25)38-26-11-6-5-7-12-26/h5-17,21-22H,18-20H2,1-4H3,(H,31,35)/t22-/m1/s1. The number of ether oxygens (including phenoxy) is 1. The van der Waals surface area contributed by atoms with Crippen molar-refractivity contribution in [1.29, 1.82) is 0 Å². The molecule has 1 atom stereocenters. The average molecular weight is 617 g/mol. The molecular weight excluding hydrogens is 582 g/mol. The number of hydrogen-bond donors (Lipinski definition) is 1. The molecule has 0 unspecified atom stereocenters. The van der Waals surface area contributed by atoms with E-state index in [0.29, 0.717) is 23.7 Å². The SMILES string of the molecule is CC(C)CNC(=O)[C@@H](C)N(Cc1cccc(Br)c1)C(=O)CN(c1ccc(Oc2ccccc2)cc1)S(C)(=O)=O. The number of anilines is 1. The molecular formula is C29H34BrN3O5S. The molecule has 0 aromatic heterocycles. The molecule has 0 radical (unpaired) electrons. The Labute approximate surface area is 239 Å². The maximum atomic E-state index is 13.7. The molecule has 3 aromatic rings. The Hall–Kier alpha value is -3.37. The Bertz CT molecular complexity index is 1370. The molecule has 0 saturated heterocycles. The van der Waals surface area contributed by atoms with E-state index in [-0.39, 0.29) is 18.4 Å². The summed E-state index contributed by atoms with van der Waals surface area (Å²) in [4.78, 5) is 28.0. The Balaban J connectivity index is 1.85. The summed E-state index contributed by atoms with van der Waals surface area (Å²) in [5.74, 6) is 0.604. The number of rotatable bonds is 12. The summed E-state index contributed by atoms with van der Waals surface area (Å²) in [5, 5.41) is 2.87. The zero-order valence-electron chi connectivity index (χ0n) is 22.5. The average Bonchev–Trinajstić information content (AvgIpc) is 2.89. The smallest absolute Gasteiger partial charge is 0.244 e. The molecule has 8 nitrogen and oxygen atoms in total. The van der Waals surface area contributed by atoms with Gasteiger partial charge in [-0.1, -0.05) is 60.1 Å². The summed E-state index contributed by atoms with van der Waals surface area (Å²) in [5.41, 5.74) is 1.11. The minimum absolute atomic E-state index is 0.135. The molecule has 0 bridgehead atoms. The summed E-state index contributed by atoms with van der Waals surface area (Å²) < 4.78 is 33.2. The van der Waals surface area contributed by atoms with Gasteiger partial charge in [-0.05, 0) is 66.9 Å². The Morgan fingerprint density at radius 1 is 0.923 bits per heavy atom. The van der Waals surface area contributed by atoms with E-state index in [1.54, 1.807) is 31.2 Å². The lowest BCUT2D eigenvalue weighted by molar-refractivity contribution is -0.139. The third kappa shape index (κ3) is 9.11. The van der Waals surface area contributed by atoms with Gasteiger partial charge >= 0.3 is 0 Å². The molecule has 0 fully saturated rings. The molecule has 0 saturated carbocycles. The van der Waals surface area contributed by atoms with Gasteiger partial charge in [0.1, 0.15) is 24.1 Å². The number of halogens is 1. The maximum Gasteiger partial charge on any atom is 0.244 e. The van der Waals surface area contributed by atoms with Gasteiger partial charge < -0.3 is 15.0 Å². The molecule has 208 valence electrons. The highest BCUT2D eigenvalue weighted by atomic mass is 79.9. The third-order valence-corrected chi connectivity index (χ3v) is 7.51. The van der Waals surface area contributed by atoms with Gasteiger partial charge in [-0.15, -0.1) is 0 Å². The van der Waals surface area contributed by atoms with E-state index in [1.165, 1.54) is 4.90 Å². The van der Waals surface area contributed by atoms with Gasteiger partial charge in [-0.2, -0.15) is 0 Å². The van der Waals surface area contributed by atoms with Gasteiger partial charge in [0.05, 0.1) is 11.9 Å². The van der Waals surface area contributed by atoms with E-state index in [2.05, 4.69) is 21.2 Å². The van der Waals surface area contributed by atoms with E-state index >= 15 is 0 Å². The lowest BCUT2D eigenvalue weighted by Crippen LogP contribution is -2.51. The van der Waals surface area contributed by atoms with Gasteiger partial charge in [0.2, 0.25) is 21.8 Å². The second kappa shape index (κ2) is 13.6.